The number of aliphatic carboxylic acids is 1. The zero-order chi connectivity index (χ0) is 13.8. The van der Waals surface area contributed by atoms with Crippen molar-refractivity contribution in [2.24, 2.45) is 0 Å². The molecule has 0 spiro atoms. The average Bonchev–Trinajstić information content (AvgIpc) is 3.13. The van der Waals surface area contributed by atoms with Crippen LogP contribution in [0.1, 0.15) is 32.2 Å². The number of aromatic nitrogens is 3. The molecule has 0 radical (unpaired) electrons. The Labute approximate surface area is 114 Å². The molecule has 0 aliphatic heterocycles. The van der Waals surface area contributed by atoms with Gasteiger partial charge in [-0.1, -0.05) is 11.8 Å². The van der Waals surface area contributed by atoms with Gasteiger partial charge in [-0.3, -0.25) is 4.57 Å². The second kappa shape index (κ2) is 6.25. The van der Waals surface area contributed by atoms with E-state index in [4.69, 9.17) is 9.84 Å². The highest BCUT2D eigenvalue weighted by Gasteiger charge is 2.28. The van der Waals surface area contributed by atoms with E-state index in [9.17, 15) is 9.59 Å². The Morgan fingerprint density at radius 2 is 2.42 bits per heavy atom. The van der Waals surface area contributed by atoms with E-state index in [1.54, 1.807) is 11.5 Å². The van der Waals surface area contributed by atoms with Gasteiger partial charge in [0.25, 0.3) is 0 Å². The number of carbonyl (C=O) groups is 1. The largest absolute Gasteiger partial charge is 0.479 e. The maximum absolute atomic E-state index is 11.5. The minimum Gasteiger partial charge on any atom is -0.479 e. The summed E-state index contributed by atoms with van der Waals surface area (Å²) in [6, 6.07) is 0.260. The van der Waals surface area contributed by atoms with Gasteiger partial charge in [-0.2, -0.15) is 0 Å². The second-order valence-electron chi connectivity index (χ2n) is 4.33. The molecule has 1 unspecified atom stereocenters. The summed E-state index contributed by atoms with van der Waals surface area (Å²) in [5.41, 5.74) is -0.190. The van der Waals surface area contributed by atoms with Crippen molar-refractivity contribution in [2.45, 2.75) is 43.5 Å². The fraction of sp³-hybridized carbons (Fsp3) is 0.727. The molecule has 0 saturated heterocycles. The number of aromatic amines is 1. The molecule has 106 valence electrons. The standard InChI is InChI=1S/C11H17N3O4S/c1-2-18-8(9(15)16)5-6-19-11-13-12-10(17)14(11)7-3-4-7/h7-8H,2-6H2,1H3,(H,12,17)(H,15,16). The van der Waals surface area contributed by atoms with Crippen molar-refractivity contribution < 1.29 is 14.6 Å². The minimum absolute atomic E-state index is 0.190. The molecule has 0 bridgehead atoms. The Morgan fingerprint density at radius 1 is 1.68 bits per heavy atom. The zero-order valence-electron chi connectivity index (χ0n) is 10.7. The van der Waals surface area contributed by atoms with Gasteiger partial charge in [0.2, 0.25) is 0 Å². The molecule has 0 amide bonds. The first-order chi connectivity index (χ1) is 9.13. The van der Waals surface area contributed by atoms with Crippen molar-refractivity contribution in [3.63, 3.8) is 0 Å². The number of hydrogen-bond donors (Lipinski definition) is 2. The first kappa shape index (κ1) is 14.1. The molecule has 1 heterocycles. The third-order valence-electron chi connectivity index (χ3n) is 2.84. The Bertz CT molecular complexity index is 494. The maximum atomic E-state index is 11.5. The van der Waals surface area contributed by atoms with Crippen molar-refractivity contribution in [3.8, 4) is 0 Å². The first-order valence-corrected chi connectivity index (χ1v) is 7.26. The quantitative estimate of drug-likeness (QED) is 0.689. The van der Waals surface area contributed by atoms with Crippen LogP contribution in [-0.2, 0) is 9.53 Å². The monoisotopic (exact) mass is 287 g/mol. The van der Waals surface area contributed by atoms with E-state index in [0.29, 0.717) is 23.9 Å². The molecular formula is C11H17N3O4S. The number of hydrogen-bond acceptors (Lipinski definition) is 5. The lowest BCUT2D eigenvalue weighted by molar-refractivity contribution is -0.150. The molecule has 1 fully saturated rings. The van der Waals surface area contributed by atoms with Gasteiger partial charge in [0, 0.05) is 18.4 Å². The molecule has 1 aliphatic rings. The van der Waals surface area contributed by atoms with Crippen LogP contribution in [0, 0.1) is 0 Å². The molecule has 0 aromatic carbocycles. The number of rotatable bonds is 8. The molecule has 1 aliphatic carbocycles. The molecule has 1 aromatic rings. The Kier molecular flexibility index (Phi) is 4.65. The molecule has 8 heteroatoms. The summed E-state index contributed by atoms with van der Waals surface area (Å²) in [6.45, 7) is 2.14. The topological polar surface area (TPSA) is 97.2 Å². The Morgan fingerprint density at radius 3 is 3.00 bits per heavy atom. The number of thioether (sulfide) groups is 1. The number of nitrogens with one attached hydrogen (secondary N) is 1. The van der Waals surface area contributed by atoms with Crippen molar-refractivity contribution in [3.05, 3.63) is 10.5 Å². The smallest absolute Gasteiger partial charge is 0.344 e. The fourth-order valence-electron chi connectivity index (χ4n) is 1.78. The van der Waals surface area contributed by atoms with Gasteiger partial charge in [-0.25, -0.2) is 14.7 Å². The minimum atomic E-state index is -0.955. The van der Waals surface area contributed by atoms with E-state index in [1.165, 1.54) is 11.8 Å². The van der Waals surface area contributed by atoms with Gasteiger partial charge in [-0.05, 0) is 26.2 Å². The molecule has 1 atom stereocenters. The van der Waals surface area contributed by atoms with Crippen LogP contribution in [0.5, 0.6) is 0 Å². The van der Waals surface area contributed by atoms with Crippen LogP contribution in [0.25, 0.3) is 0 Å². The maximum Gasteiger partial charge on any atom is 0.344 e. The predicted octanol–water partition coefficient (Wildman–Crippen LogP) is 0.878. The number of carboxylic acid groups (broad SMARTS) is 1. The number of nitrogens with zero attached hydrogens (tertiary/aromatic N) is 2. The second-order valence-corrected chi connectivity index (χ2v) is 5.39. The summed E-state index contributed by atoms with van der Waals surface area (Å²) >= 11 is 1.39. The van der Waals surface area contributed by atoms with Gasteiger partial charge in [0.05, 0.1) is 0 Å². The lowest BCUT2D eigenvalue weighted by Crippen LogP contribution is -2.24. The Balaban J connectivity index is 1.88. The van der Waals surface area contributed by atoms with Crippen molar-refractivity contribution >= 4 is 17.7 Å². The summed E-state index contributed by atoms with van der Waals surface area (Å²) in [5, 5.41) is 16.0. The highest BCUT2D eigenvalue weighted by atomic mass is 32.2. The van der Waals surface area contributed by atoms with Gasteiger partial charge in [0.1, 0.15) is 0 Å². The average molecular weight is 287 g/mol. The van der Waals surface area contributed by atoms with Crippen LogP contribution in [0.3, 0.4) is 0 Å². The van der Waals surface area contributed by atoms with Crippen LogP contribution in [0.2, 0.25) is 0 Å². The van der Waals surface area contributed by atoms with Crippen molar-refractivity contribution in [2.75, 3.05) is 12.4 Å². The molecule has 2 rings (SSSR count). The number of ether oxygens (including phenoxy) is 1. The third kappa shape index (κ3) is 3.60. The molecule has 7 nitrogen and oxygen atoms in total. The van der Waals surface area contributed by atoms with Crippen molar-refractivity contribution in [1.82, 2.24) is 14.8 Å². The SMILES string of the molecule is CCOC(CCSc1n[nH]c(=O)n1C1CC1)C(=O)O. The highest BCUT2D eigenvalue weighted by Crippen LogP contribution is 2.36. The summed E-state index contributed by atoms with van der Waals surface area (Å²) in [4.78, 5) is 22.5. The Hall–Kier alpha value is -1.28. The first-order valence-electron chi connectivity index (χ1n) is 6.27. The molecule has 1 saturated carbocycles. The van der Waals surface area contributed by atoms with Crippen molar-refractivity contribution in [1.29, 1.82) is 0 Å². The van der Waals surface area contributed by atoms with Crippen LogP contribution in [0.4, 0.5) is 0 Å². The lowest BCUT2D eigenvalue weighted by atomic mass is 10.3. The van der Waals surface area contributed by atoms with E-state index in [1.807, 2.05) is 0 Å². The fourth-order valence-corrected chi connectivity index (χ4v) is 2.78. The molecular weight excluding hydrogens is 270 g/mol. The summed E-state index contributed by atoms with van der Waals surface area (Å²) in [5.74, 6) is -0.405. The molecule has 19 heavy (non-hydrogen) atoms. The van der Waals surface area contributed by atoms with E-state index < -0.39 is 12.1 Å². The van der Waals surface area contributed by atoms with Crippen LogP contribution < -0.4 is 5.69 Å². The third-order valence-corrected chi connectivity index (χ3v) is 3.82. The van der Waals surface area contributed by atoms with E-state index >= 15 is 0 Å². The van der Waals surface area contributed by atoms with E-state index in [-0.39, 0.29) is 11.7 Å². The summed E-state index contributed by atoms with van der Waals surface area (Å²) in [7, 11) is 0. The zero-order valence-corrected chi connectivity index (χ0v) is 11.5. The molecule has 2 N–H and O–H groups in total. The summed E-state index contributed by atoms with van der Waals surface area (Å²) < 4.78 is 6.78. The van der Waals surface area contributed by atoms with Crippen LogP contribution >= 0.6 is 11.8 Å². The normalized spacial score (nSPS) is 16.5. The van der Waals surface area contributed by atoms with E-state index in [2.05, 4.69) is 10.2 Å². The highest BCUT2D eigenvalue weighted by molar-refractivity contribution is 7.99. The van der Waals surface area contributed by atoms with Crippen LogP contribution in [0.15, 0.2) is 9.95 Å². The van der Waals surface area contributed by atoms with E-state index in [0.717, 1.165) is 12.8 Å². The number of H-pyrrole nitrogens is 1. The van der Waals surface area contributed by atoms with Gasteiger partial charge < -0.3 is 9.84 Å². The summed E-state index contributed by atoms with van der Waals surface area (Å²) in [6.07, 6.45) is 1.60. The van der Waals surface area contributed by atoms with Gasteiger partial charge in [0.15, 0.2) is 11.3 Å². The van der Waals surface area contributed by atoms with Gasteiger partial charge >= 0.3 is 11.7 Å². The number of carboxylic acids is 1. The predicted molar refractivity (Wildman–Crippen MR) is 69.5 cm³/mol. The van der Waals surface area contributed by atoms with Gasteiger partial charge in [-0.15, -0.1) is 5.10 Å². The lowest BCUT2D eigenvalue weighted by Gasteiger charge is -2.11. The molecule has 1 aromatic heterocycles. The van der Waals surface area contributed by atoms with Crippen LogP contribution in [-0.4, -0.2) is 44.3 Å².